The first-order chi connectivity index (χ1) is 11.7. The number of rotatable bonds is 3. The van der Waals surface area contributed by atoms with Crippen molar-refractivity contribution >= 4 is 5.91 Å². The van der Waals surface area contributed by atoms with Crippen LogP contribution in [0.2, 0.25) is 0 Å². The van der Waals surface area contributed by atoms with Crippen LogP contribution in [0.1, 0.15) is 28.8 Å². The Bertz CT molecular complexity index is 766. The Labute approximate surface area is 142 Å². The molecule has 2 aromatic rings. The monoisotopic (exact) mass is 322 g/mol. The molecule has 1 fully saturated rings. The first-order valence-electron chi connectivity index (χ1n) is 8.61. The van der Waals surface area contributed by atoms with Crippen LogP contribution < -0.4 is 10.5 Å². The molecule has 0 spiro atoms. The molecular weight excluding hydrogens is 300 g/mol. The standard InChI is InChI=1S/C20H22N2O2/c21-20(23)17-5-3-4-14(10-17)15-6-7-16-11-18(13-24-19(16)12-15)22-8-1-2-9-22/h3-7,10,12,18H,1-2,8-9,11,13H2,(H2,21,23). The van der Waals surface area contributed by atoms with Crippen molar-refractivity contribution in [3.8, 4) is 16.9 Å². The number of carbonyl (C=O) groups excluding carboxylic acids is 1. The molecule has 1 unspecified atom stereocenters. The molecule has 4 heteroatoms. The summed E-state index contributed by atoms with van der Waals surface area (Å²) in [5.74, 6) is 0.562. The van der Waals surface area contributed by atoms with E-state index in [1.165, 1.54) is 31.5 Å². The summed E-state index contributed by atoms with van der Waals surface area (Å²) in [6, 6.07) is 14.3. The van der Waals surface area contributed by atoms with Gasteiger partial charge in [-0.1, -0.05) is 24.3 Å². The van der Waals surface area contributed by atoms with Crippen LogP contribution in [0, 0.1) is 0 Å². The fraction of sp³-hybridized carbons (Fsp3) is 0.350. The predicted octanol–water partition coefficient (Wildman–Crippen LogP) is 2.85. The highest BCUT2D eigenvalue weighted by Gasteiger charge is 2.27. The van der Waals surface area contributed by atoms with Crippen LogP contribution in [0.4, 0.5) is 0 Å². The molecule has 2 aliphatic rings. The van der Waals surface area contributed by atoms with Gasteiger partial charge in [0.1, 0.15) is 12.4 Å². The van der Waals surface area contributed by atoms with Crippen LogP contribution >= 0.6 is 0 Å². The van der Waals surface area contributed by atoms with E-state index in [-0.39, 0.29) is 0 Å². The third-order valence-corrected chi connectivity index (χ3v) is 5.09. The molecule has 1 saturated heterocycles. The highest BCUT2D eigenvalue weighted by atomic mass is 16.5. The quantitative estimate of drug-likeness (QED) is 0.945. The fourth-order valence-corrected chi connectivity index (χ4v) is 3.73. The Balaban J connectivity index is 1.58. The van der Waals surface area contributed by atoms with E-state index in [9.17, 15) is 4.79 Å². The number of carbonyl (C=O) groups is 1. The zero-order valence-electron chi connectivity index (χ0n) is 13.7. The summed E-state index contributed by atoms with van der Waals surface area (Å²) in [5, 5.41) is 0. The summed E-state index contributed by atoms with van der Waals surface area (Å²) in [7, 11) is 0. The normalized spacial score (nSPS) is 20.4. The third-order valence-electron chi connectivity index (χ3n) is 5.09. The van der Waals surface area contributed by atoms with Crippen molar-refractivity contribution < 1.29 is 9.53 Å². The number of hydrogen-bond acceptors (Lipinski definition) is 3. The van der Waals surface area contributed by atoms with Crippen LogP contribution in [0.3, 0.4) is 0 Å². The second-order valence-corrected chi connectivity index (χ2v) is 6.68. The zero-order chi connectivity index (χ0) is 16.5. The van der Waals surface area contributed by atoms with Gasteiger partial charge < -0.3 is 10.5 Å². The van der Waals surface area contributed by atoms with Gasteiger partial charge in [-0.2, -0.15) is 0 Å². The largest absolute Gasteiger partial charge is 0.492 e. The fourth-order valence-electron chi connectivity index (χ4n) is 3.73. The van der Waals surface area contributed by atoms with Gasteiger partial charge in [0.05, 0.1) is 0 Å². The lowest BCUT2D eigenvalue weighted by atomic mass is 9.96. The van der Waals surface area contributed by atoms with E-state index in [1.54, 1.807) is 6.07 Å². The molecule has 0 aromatic heterocycles. The van der Waals surface area contributed by atoms with Gasteiger partial charge in [-0.3, -0.25) is 9.69 Å². The van der Waals surface area contributed by atoms with Gasteiger partial charge in [0.2, 0.25) is 5.91 Å². The summed E-state index contributed by atoms with van der Waals surface area (Å²) in [5.41, 5.74) is 9.22. The Morgan fingerprint density at radius 2 is 1.88 bits per heavy atom. The van der Waals surface area contributed by atoms with Crippen molar-refractivity contribution in [2.24, 2.45) is 5.73 Å². The van der Waals surface area contributed by atoms with E-state index >= 15 is 0 Å². The van der Waals surface area contributed by atoms with Crippen molar-refractivity contribution in [2.45, 2.75) is 25.3 Å². The molecule has 0 saturated carbocycles. The van der Waals surface area contributed by atoms with E-state index in [4.69, 9.17) is 10.5 Å². The summed E-state index contributed by atoms with van der Waals surface area (Å²) in [6.07, 6.45) is 3.66. The molecule has 2 N–H and O–H groups in total. The van der Waals surface area contributed by atoms with Gasteiger partial charge in [0, 0.05) is 11.6 Å². The van der Waals surface area contributed by atoms with Crippen molar-refractivity contribution in [2.75, 3.05) is 19.7 Å². The second kappa shape index (κ2) is 6.29. The average Bonchev–Trinajstić information content (AvgIpc) is 3.15. The Morgan fingerprint density at radius 3 is 2.67 bits per heavy atom. The lowest BCUT2D eigenvalue weighted by Crippen LogP contribution is -2.41. The first-order valence-corrected chi connectivity index (χ1v) is 8.61. The Hall–Kier alpha value is -2.33. The van der Waals surface area contributed by atoms with Gasteiger partial charge >= 0.3 is 0 Å². The number of amides is 1. The van der Waals surface area contributed by atoms with Gasteiger partial charge in [-0.15, -0.1) is 0 Å². The van der Waals surface area contributed by atoms with Crippen LogP contribution in [0.5, 0.6) is 5.75 Å². The number of likely N-dealkylation sites (tertiary alicyclic amines) is 1. The molecule has 1 amide bonds. The van der Waals surface area contributed by atoms with E-state index in [1.807, 2.05) is 18.2 Å². The molecule has 4 nitrogen and oxygen atoms in total. The SMILES string of the molecule is NC(=O)c1cccc(-c2ccc3c(c2)OCC(N2CCCC2)C3)c1. The Kier molecular flexibility index (Phi) is 3.98. The van der Waals surface area contributed by atoms with Crippen LogP contribution in [0.15, 0.2) is 42.5 Å². The molecular formula is C20H22N2O2. The van der Waals surface area contributed by atoms with Crippen molar-refractivity contribution in [3.05, 3.63) is 53.6 Å². The lowest BCUT2D eigenvalue weighted by Gasteiger charge is -2.32. The number of primary amides is 1. The van der Waals surface area contributed by atoms with Gasteiger partial charge in [0.15, 0.2) is 0 Å². The number of fused-ring (bicyclic) bond motifs is 1. The third kappa shape index (κ3) is 2.89. The summed E-state index contributed by atoms with van der Waals surface area (Å²) in [6.45, 7) is 3.15. The smallest absolute Gasteiger partial charge is 0.248 e. The van der Waals surface area contributed by atoms with E-state index in [2.05, 4.69) is 23.1 Å². The van der Waals surface area contributed by atoms with Crippen LogP contribution in [-0.4, -0.2) is 36.5 Å². The molecule has 124 valence electrons. The van der Waals surface area contributed by atoms with Gasteiger partial charge in [-0.05, 0) is 67.2 Å². The summed E-state index contributed by atoms with van der Waals surface area (Å²) >= 11 is 0. The first kappa shape index (κ1) is 15.2. The number of benzene rings is 2. The second-order valence-electron chi connectivity index (χ2n) is 6.68. The summed E-state index contributed by atoms with van der Waals surface area (Å²) in [4.78, 5) is 13.9. The topological polar surface area (TPSA) is 55.6 Å². The highest BCUT2D eigenvalue weighted by molar-refractivity contribution is 5.94. The summed E-state index contributed by atoms with van der Waals surface area (Å²) < 4.78 is 6.06. The molecule has 2 aromatic carbocycles. The molecule has 2 heterocycles. The van der Waals surface area contributed by atoms with Crippen LogP contribution in [0.25, 0.3) is 11.1 Å². The lowest BCUT2D eigenvalue weighted by molar-refractivity contribution is 0.100. The van der Waals surface area contributed by atoms with E-state index < -0.39 is 5.91 Å². The highest BCUT2D eigenvalue weighted by Crippen LogP contribution is 2.32. The maximum absolute atomic E-state index is 11.4. The maximum Gasteiger partial charge on any atom is 0.248 e. The molecule has 24 heavy (non-hydrogen) atoms. The van der Waals surface area contributed by atoms with Crippen LogP contribution in [-0.2, 0) is 6.42 Å². The number of nitrogens with two attached hydrogens (primary N) is 1. The maximum atomic E-state index is 11.4. The minimum atomic E-state index is -0.403. The molecule has 4 rings (SSSR count). The molecule has 2 aliphatic heterocycles. The van der Waals surface area contributed by atoms with E-state index in [0.29, 0.717) is 11.6 Å². The number of ether oxygens (including phenoxy) is 1. The number of nitrogens with zero attached hydrogens (tertiary/aromatic N) is 1. The van der Waals surface area contributed by atoms with Crippen molar-refractivity contribution in [1.82, 2.24) is 4.90 Å². The molecule has 0 radical (unpaired) electrons. The van der Waals surface area contributed by atoms with Gasteiger partial charge in [0.25, 0.3) is 0 Å². The molecule has 0 aliphatic carbocycles. The number of hydrogen-bond donors (Lipinski definition) is 1. The molecule has 1 atom stereocenters. The van der Waals surface area contributed by atoms with Crippen molar-refractivity contribution in [3.63, 3.8) is 0 Å². The van der Waals surface area contributed by atoms with E-state index in [0.717, 1.165) is 29.9 Å². The van der Waals surface area contributed by atoms with Crippen molar-refractivity contribution in [1.29, 1.82) is 0 Å². The minimum absolute atomic E-state index is 0.403. The predicted molar refractivity (Wildman–Crippen MR) is 94.2 cm³/mol. The zero-order valence-corrected chi connectivity index (χ0v) is 13.7. The van der Waals surface area contributed by atoms with Gasteiger partial charge in [-0.25, -0.2) is 0 Å². The average molecular weight is 322 g/mol. The Morgan fingerprint density at radius 1 is 1.08 bits per heavy atom. The molecule has 0 bridgehead atoms. The minimum Gasteiger partial charge on any atom is -0.492 e.